The molecule has 1 aliphatic heterocycles. The van der Waals surface area contributed by atoms with E-state index in [1.165, 1.54) is 5.69 Å². The fourth-order valence-electron chi connectivity index (χ4n) is 4.89. The first-order valence-electron chi connectivity index (χ1n) is 14.5. The van der Waals surface area contributed by atoms with E-state index in [1.54, 1.807) is 12.3 Å². The second-order valence-electron chi connectivity index (χ2n) is 12.3. The number of hydrogen-bond donors (Lipinski definition) is 2. The molecule has 3 heterocycles. The van der Waals surface area contributed by atoms with Crippen molar-refractivity contribution in [2.75, 3.05) is 24.6 Å². The van der Waals surface area contributed by atoms with Crippen molar-refractivity contribution in [1.29, 1.82) is 0 Å². The Balaban J connectivity index is 0.00000197. The molecule has 230 valence electrons. The highest BCUT2D eigenvalue weighted by atomic mass is 16.5. The molecular formula is C34H49N3O5. The lowest BCUT2D eigenvalue weighted by Gasteiger charge is -2.41. The zero-order valence-corrected chi connectivity index (χ0v) is 26.3. The standard InChI is InChI=1S/C33H47N3O3.CH2O2/c1-9-10-11-12-13-14-26(37)23-38-27-15-16-29(35-21-27)28-22-34-24(2)30(25(3)39-32(4,5)6)31(28)36-19-17-33(7,8)18-20-36;2-1-3/h9-13,15-16,21-22,25-26,37H,1,14,17-20,23H2,2-8H3;1H,(H,2,3)/b11-10-,13-12-;/t25-,26?;/m1./s1. The van der Waals surface area contributed by atoms with Gasteiger partial charge in [-0.1, -0.05) is 50.8 Å². The van der Waals surface area contributed by atoms with Crippen LogP contribution in [0, 0.1) is 12.3 Å². The van der Waals surface area contributed by atoms with E-state index < -0.39 is 6.10 Å². The number of nitrogens with zero attached hydrogens (tertiary/aromatic N) is 3. The summed E-state index contributed by atoms with van der Waals surface area (Å²) in [4.78, 5) is 20.4. The highest BCUT2D eigenvalue weighted by molar-refractivity contribution is 5.79. The Morgan fingerprint density at radius 3 is 2.36 bits per heavy atom. The van der Waals surface area contributed by atoms with Crippen molar-refractivity contribution in [3.8, 4) is 17.0 Å². The van der Waals surface area contributed by atoms with E-state index in [4.69, 9.17) is 29.3 Å². The first kappa shape index (κ1) is 34.7. The third kappa shape index (κ3) is 11.1. The summed E-state index contributed by atoms with van der Waals surface area (Å²) in [5.74, 6) is 0.624. The van der Waals surface area contributed by atoms with Gasteiger partial charge in [-0.2, -0.15) is 0 Å². The van der Waals surface area contributed by atoms with Gasteiger partial charge in [0.2, 0.25) is 0 Å². The Kier molecular flexibility index (Phi) is 13.4. The first-order valence-corrected chi connectivity index (χ1v) is 14.5. The minimum absolute atomic E-state index is 0.118. The number of aromatic nitrogens is 2. The quantitative estimate of drug-likeness (QED) is 0.215. The summed E-state index contributed by atoms with van der Waals surface area (Å²) in [5.41, 5.74) is 5.19. The van der Waals surface area contributed by atoms with E-state index in [-0.39, 0.29) is 24.8 Å². The van der Waals surface area contributed by atoms with Crippen LogP contribution in [0.1, 0.15) is 78.2 Å². The Hall–Kier alpha value is -3.49. The number of carbonyl (C=O) groups is 1. The van der Waals surface area contributed by atoms with Gasteiger partial charge in [0.1, 0.15) is 12.4 Å². The summed E-state index contributed by atoms with van der Waals surface area (Å²) in [5, 5.41) is 17.1. The maximum Gasteiger partial charge on any atom is 0.290 e. The monoisotopic (exact) mass is 579 g/mol. The van der Waals surface area contributed by atoms with Crippen LogP contribution < -0.4 is 9.64 Å². The van der Waals surface area contributed by atoms with Gasteiger partial charge in [0.15, 0.2) is 0 Å². The van der Waals surface area contributed by atoms with E-state index in [2.05, 4.69) is 59.9 Å². The van der Waals surface area contributed by atoms with Crippen LogP contribution in [0.4, 0.5) is 5.69 Å². The minimum atomic E-state index is -0.596. The number of hydrogen-bond acceptors (Lipinski definition) is 7. The van der Waals surface area contributed by atoms with Gasteiger partial charge in [-0.05, 0) is 71.4 Å². The van der Waals surface area contributed by atoms with Gasteiger partial charge in [-0.25, -0.2) is 0 Å². The van der Waals surface area contributed by atoms with Crippen LogP contribution >= 0.6 is 0 Å². The molecule has 42 heavy (non-hydrogen) atoms. The molecule has 8 heteroatoms. The van der Waals surface area contributed by atoms with Crippen molar-refractivity contribution in [3.63, 3.8) is 0 Å². The van der Waals surface area contributed by atoms with E-state index in [0.29, 0.717) is 17.6 Å². The zero-order valence-electron chi connectivity index (χ0n) is 26.3. The lowest BCUT2D eigenvalue weighted by Crippen LogP contribution is -2.38. The third-order valence-electron chi connectivity index (χ3n) is 7.01. The molecule has 3 rings (SSSR count). The van der Waals surface area contributed by atoms with Crippen LogP contribution in [0.15, 0.2) is 61.5 Å². The molecular weight excluding hydrogens is 530 g/mol. The van der Waals surface area contributed by atoms with E-state index in [1.807, 2.05) is 42.6 Å². The van der Waals surface area contributed by atoms with Gasteiger partial charge in [0, 0.05) is 36.1 Å². The largest absolute Gasteiger partial charge is 0.489 e. The number of rotatable bonds is 11. The van der Waals surface area contributed by atoms with Crippen molar-refractivity contribution < 1.29 is 24.5 Å². The molecule has 0 aliphatic carbocycles. The van der Waals surface area contributed by atoms with Crippen LogP contribution in [-0.4, -0.2) is 58.1 Å². The maximum absolute atomic E-state index is 10.2. The summed E-state index contributed by atoms with van der Waals surface area (Å²) >= 11 is 0. The summed E-state index contributed by atoms with van der Waals surface area (Å²) in [6.45, 7) is 20.7. The molecule has 2 aromatic rings. The molecule has 8 nitrogen and oxygen atoms in total. The van der Waals surface area contributed by atoms with Gasteiger partial charge < -0.3 is 24.6 Å². The van der Waals surface area contributed by atoms with Gasteiger partial charge >= 0.3 is 0 Å². The van der Waals surface area contributed by atoms with Gasteiger partial charge in [0.25, 0.3) is 6.47 Å². The molecule has 2 N–H and O–H groups in total. The van der Waals surface area contributed by atoms with Crippen molar-refractivity contribution in [2.24, 2.45) is 5.41 Å². The Morgan fingerprint density at radius 1 is 1.12 bits per heavy atom. The van der Waals surface area contributed by atoms with Crippen LogP contribution in [0.5, 0.6) is 5.75 Å². The normalized spacial score (nSPS) is 16.5. The third-order valence-corrected chi connectivity index (χ3v) is 7.01. The molecule has 2 aromatic heterocycles. The molecule has 1 aliphatic rings. The number of carboxylic acid groups (broad SMARTS) is 1. The SMILES string of the molecule is C=C/C=C\C=C/CC(O)COc1ccc(-c2cnc(C)c([C@@H](C)OC(C)(C)C)c2N2CCC(C)(C)CC2)nc1.O=CO. The van der Waals surface area contributed by atoms with Crippen LogP contribution in [0.3, 0.4) is 0 Å². The number of aryl methyl sites for hydroxylation is 1. The number of anilines is 1. The summed E-state index contributed by atoms with van der Waals surface area (Å²) < 4.78 is 12.3. The molecule has 0 aromatic carbocycles. The second-order valence-corrected chi connectivity index (χ2v) is 12.3. The van der Waals surface area contributed by atoms with Crippen molar-refractivity contribution in [2.45, 2.75) is 85.5 Å². The van der Waals surface area contributed by atoms with Crippen LogP contribution in [0.2, 0.25) is 0 Å². The molecule has 2 atom stereocenters. The number of aliphatic hydroxyl groups excluding tert-OH is 1. The Bertz CT molecular complexity index is 1190. The lowest BCUT2D eigenvalue weighted by atomic mass is 9.82. The molecule has 1 unspecified atom stereocenters. The average molecular weight is 580 g/mol. The zero-order chi connectivity index (χ0) is 31.3. The van der Waals surface area contributed by atoms with Crippen LogP contribution in [-0.2, 0) is 9.53 Å². The van der Waals surface area contributed by atoms with E-state index >= 15 is 0 Å². The summed E-state index contributed by atoms with van der Waals surface area (Å²) in [6, 6.07) is 3.89. The highest BCUT2D eigenvalue weighted by Crippen LogP contribution is 2.42. The van der Waals surface area contributed by atoms with Crippen molar-refractivity contribution >= 4 is 12.2 Å². The van der Waals surface area contributed by atoms with Gasteiger partial charge in [-0.15, -0.1) is 0 Å². The van der Waals surface area contributed by atoms with E-state index in [9.17, 15) is 5.11 Å². The predicted molar refractivity (Wildman–Crippen MR) is 170 cm³/mol. The van der Waals surface area contributed by atoms with Crippen LogP contribution in [0.25, 0.3) is 11.3 Å². The Labute approximate surface area is 251 Å². The molecule has 1 fully saturated rings. The number of aliphatic hydroxyl groups is 1. The number of ether oxygens (including phenoxy) is 2. The molecule has 0 bridgehead atoms. The molecule has 0 saturated carbocycles. The summed E-state index contributed by atoms with van der Waals surface area (Å²) in [7, 11) is 0. The topological polar surface area (TPSA) is 105 Å². The fraction of sp³-hybridized carbons (Fsp3) is 0.500. The second kappa shape index (κ2) is 16.2. The first-order chi connectivity index (χ1) is 19.8. The molecule has 0 radical (unpaired) electrons. The number of piperidine rings is 1. The van der Waals surface area contributed by atoms with E-state index in [0.717, 1.165) is 48.4 Å². The number of pyridine rings is 2. The average Bonchev–Trinajstić information content (AvgIpc) is 2.91. The highest BCUT2D eigenvalue weighted by Gasteiger charge is 2.31. The molecule has 0 amide bonds. The van der Waals surface area contributed by atoms with Gasteiger partial charge in [0.05, 0.1) is 35.4 Å². The summed E-state index contributed by atoms with van der Waals surface area (Å²) in [6.07, 6.45) is 14.9. The predicted octanol–water partition coefficient (Wildman–Crippen LogP) is 7.08. The molecule has 1 saturated heterocycles. The minimum Gasteiger partial charge on any atom is -0.489 e. The fourth-order valence-corrected chi connectivity index (χ4v) is 4.89. The maximum atomic E-state index is 10.2. The van der Waals surface area contributed by atoms with Gasteiger partial charge in [-0.3, -0.25) is 14.8 Å². The Morgan fingerprint density at radius 2 is 1.79 bits per heavy atom. The molecule has 0 spiro atoms. The number of allylic oxidation sites excluding steroid dienone is 4. The smallest absolute Gasteiger partial charge is 0.290 e. The van der Waals surface area contributed by atoms with Crippen molar-refractivity contribution in [1.82, 2.24) is 9.97 Å². The van der Waals surface area contributed by atoms with Crippen molar-refractivity contribution in [3.05, 3.63) is 72.7 Å². The lowest BCUT2D eigenvalue weighted by molar-refractivity contribution is -0.122.